The van der Waals surface area contributed by atoms with E-state index in [1.807, 2.05) is 23.3 Å². The van der Waals surface area contributed by atoms with Crippen molar-refractivity contribution in [1.29, 1.82) is 0 Å². The summed E-state index contributed by atoms with van der Waals surface area (Å²) < 4.78 is 34.2. The lowest BCUT2D eigenvalue weighted by molar-refractivity contribution is -0.00593. The normalized spacial score (nSPS) is 19.2. The van der Waals surface area contributed by atoms with Gasteiger partial charge in [0.15, 0.2) is 0 Å². The van der Waals surface area contributed by atoms with Crippen LogP contribution in [0.5, 0.6) is 0 Å². The topological polar surface area (TPSA) is 64.3 Å². The molecule has 28 heavy (non-hydrogen) atoms. The zero-order valence-corrected chi connectivity index (χ0v) is 16.7. The van der Waals surface area contributed by atoms with Gasteiger partial charge in [-0.05, 0) is 42.7 Å². The van der Waals surface area contributed by atoms with Crippen molar-refractivity contribution in [2.75, 3.05) is 30.9 Å². The zero-order chi connectivity index (χ0) is 19.7. The largest absolute Gasteiger partial charge is 0.376 e. The van der Waals surface area contributed by atoms with Gasteiger partial charge in [-0.25, -0.2) is 9.97 Å². The van der Waals surface area contributed by atoms with Crippen LogP contribution < -0.4 is 10.0 Å². The molecule has 1 saturated heterocycles. The highest BCUT2D eigenvalue weighted by molar-refractivity contribution is 7.96. The number of hydrogen-bond acceptors (Lipinski definition) is 6. The van der Waals surface area contributed by atoms with Gasteiger partial charge < -0.3 is 9.64 Å². The number of benzene rings is 1. The summed E-state index contributed by atoms with van der Waals surface area (Å²) >= 11 is 1.25. The van der Waals surface area contributed by atoms with Crippen molar-refractivity contribution in [3.63, 3.8) is 0 Å². The van der Waals surface area contributed by atoms with Crippen LogP contribution >= 0.6 is 11.9 Å². The highest BCUT2D eigenvalue weighted by Crippen LogP contribution is 2.44. The maximum atomic E-state index is 14.3. The van der Waals surface area contributed by atoms with E-state index in [1.54, 1.807) is 0 Å². The molecule has 1 aromatic carbocycles. The summed E-state index contributed by atoms with van der Waals surface area (Å²) in [5.74, 6) is -2.42. The molecule has 1 fully saturated rings. The molecule has 0 radical (unpaired) electrons. The molecule has 3 aliphatic rings. The van der Waals surface area contributed by atoms with Crippen molar-refractivity contribution in [2.24, 2.45) is 5.14 Å². The molecule has 0 amide bonds. The smallest absolute Gasteiger partial charge is 0.290 e. The van der Waals surface area contributed by atoms with Gasteiger partial charge in [0.05, 0.1) is 18.9 Å². The first kappa shape index (κ1) is 19.5. The van der Waals surface area contributed by atoms with Crippen molar-refractivity contribution < 1.29 is 13.5 Å². The fourth-order valence-corrected chi connectivity index (χ4v) is 3.82. The summed E-state index contributed by atoms with van der Waals surface area (Å²) in [6.45, 7) is 2.98. The number of alkyl halides is 2. The van der Waals surface area contributed by atoms with E-state index in [0.717, 1.165) is 43.7 Å². The fraction of sp³-hybridized carbons (Fsp3) is 0.500. The first-order valence-corrected chi connectivity index (χ1v) is 10.8. The van der Waals surface area contributed by atoms with Crippen molar-refractivity contribution in [2.45, 2.75) is 38.2 Å². The maximum Gasteiger partial charge on any atom is 0.290 e. The van der Waals surface area contributed by atoms with Gasteiger partial charge in [0.25, 0.3) is 5.92 Å². The van der Waals surface area contributed by atoms with Crippen LogP contribution in [-0.4, -0.2) is 35.9 Å². The average molecular weight is 407 g/mol. The number of ether oxygens (including phenoxy) is 1. The Morgan fingerprint density at radius 2 is 1.96 bits per heavy atom. The van der Waals surface area contributed by atoms with E-state index < -0.39 is 5.92 Å². The molecule has 0 spiro atoms. The quantitative estimate of drug-likeness (QED) is 0.768. The van der Waals surface area contributed by atoms with Crippen LogP contribution in [0.1, 0.15) is 35.2 Å². The molecule has 1 aliphatic carbocycles. The van der Waals surface area contributed by atoms with E-state index in [9.17, 15) is 8.78 Å². The van der Waals surface area contributed by atoms with E-state index in [0.29, 0.717) is 30.2 Å². The minimum absolute atomic E-state index is 0.0756. The third-order valence-electron chi connectivity index (χ3n) is 5.42. The molecule has 8 heteroatoms. The number of rotatable bonds is 2. The zero-order valence-electron chi connectivity index (χ0n) is 15.9. The maximum absolute atomic E-state index is 14.3. The molecule has 2 N–H and O–H groups in total. The minimum Gasteiger partial charge on any atom is -0.376 e. The molecule has 0 bridgehead atoms. The molecule has 0 atom stereocenters. The Hall–Kier alpha value is -1.77. The predicted molar refractivity (Wildman–Crippen MR) is 108 cm³/mol. The van der Waals surface area contributed by atoms with Crippen LogP contribution in [0.4, 0.5) is 14.7 Å². The van der Waals surface area contributed by atoms with Gasteiger partial charge in [-0.15, -0.1) is 0 Å². The Labute approximate surface area is 167 Å². The number of hydrogen-bond donors (Lipinski definition) is 1. The molecule has 2 aliphatic heterocycles. The van der Waals surface area contributed by atoms with Gasteiger partial charge in [-0.1, -0.05) is 24.1 Å². The van der Waals surface area contributed by atoms with Crippen LogP contribution in [0.2, 0.25) is 0 Å². The second kappa shape index (κ2) is 7.93. The van der Waals surface area contributed by atoms with Crippen molar-refractivity contribution >= 4 is 17.9 Å². The summed E-state index contributed by atoms with van der Waals surface area (Å²) in [4.78, 5) is 10.9. The van der Waals surface area contributed by atoms with Crippen LogP contribution in [-0.2, 0) is 30.1 Å². The highest BCUT2D eigenvalue weighted by atomic mass is 32.2. The van der Waals surface area contributed by atoms with Crippen molar-refractivity contribution in [3.05, 3.63) is 40.6 Å². The third-order valence-corrected chi connectivity index (χ3v) is 5.42. The molecule has 5 nitrogen and oxygen atoms in total. The van der Waals surface area contributed by atoms with Gasteiger partial charge in [0.2, 0.25) is 5.95 Å². The molecule has 150 valence electrons. The molecule has 5 rings (SSSR count). The van der Waals surface area contributed by atoms with E-state index in [4.69, 9.17) is 14.9 Å². The number of nitrogens with zero attached hydrogens (tertiary/aromatic N) is 3. The van der Waals surface area contributed by atoms with Crippen LogP contribution in [0, 0.1) is 0 Å². The Kier molecular flexibility index (Phi) is 5.53. The number of anilines is 1. The highest BCUT2D eigenvalue weighted by Gasteiger charge is 2.43. The first-order chi connectivity index (χ1) is 13.5. The van der Waals surface area contributed by atoms with Crippen LogP contribution in [0.15, 0.2) is 18.2 Å². The number of aromatic nitrogens is 2. The summed E-state index contributed by atoms with van der Waals surface area (Å²) in [6.07, 6.45) is 3.92. The van der Waals surface area contributed by atoms with Crippen molar-refractivity contribution in [3.8, 4) is 11.3 Å². The van der Waals surface area contributed by atoms with E-state index >= 15 is 0 Å². The molecule has 1 aromatic heterocycles. The van der Waals surface area contributed by atoms with Gasteiger partial charge in [0, 0.05) is 30.6 Å². The first-order valence-electron chi connectivity index (χ1n) is 9.50. The van der Waals surface area contributed by atoms with Crippen LogP contribution in [0.25, 0.3) is 11.3 Å². The van der Waals surface area contributed by atoms with E-state index in [1.165, 1.54) is 17.5 Å². The third kappa shape index (κ3) is 3.60. The lowest BCUT2D eigenvalue weighted by Gasteiger charge is -2.31. The standard InChI is InChI=1S/C19H19F2N3O.CH5NS/c20-19(21)6-4-15-16(22-18(23-17(15)19)24-7-1-8-24)13-3-2-12-5-9-25-11-14(12)10-13;1-3-2/h2-3,10H,1,4-9,11H2;2H2,1H3. The van der Waals surface area contributed by atoms with Gasteiger partial charge in [-0.2, -0.15) is 8.78 Å². The lowest BCUT2D eigenvalue weighted by Crippen LogP contribution is -2.38. The van der Waals surface area contributed by atoms with Crippen LogP contribution in [0.3, 0.4) is 0 Å². The SMILES string of the molecule is CSN.FC1(F)CCc2c(-c3ccc4c(c3)COCC4)nc(N3CCC3)nc21. The van der Waals surface area contributed by atoms with E-state index in [-0.39, 0.29) is 12.1 Å². The second-order valence-corrected chi connectivity index (χ2v) is 7.74. The van der Waals surface area contributed by atoms with E-state index in [2.05, 4.69) is 11.1 Å². The predicted octanol–water partition coefficient (Wildman–Crippen LogP) is 3.69. The monoisotopic (exact) mass is 406 g/mol. The second-order valence-electron chi connectivity index (χ2n) is 7.27. The molecular formula is C20H24F2N4OS. The summed E-state index contributed by atoms with van der Waals surface area (Å²) in [5, 5.41) is 4.76. The Bertz CT molecular complexity index is 874. The molecular weight excluding hydrogens is 382 g/mol. The molecule has 0 saturated carbocycles. The van der Waals surface area contributed by atoms with Crippen molar-refractivity contribution in [1.82, 2.24) is 9.97 Å². The Morgan fingerprint density at radius 3 is 2.68 bits per heavy atom. The molecule has 2 aromatic rings. The number of fused-ring (bicyclic) bond motifs is 2. The summed E-state index contributed by atoms with van der Waals surface area (Å²) in [6, 6.07) is 6.13. The Balaban J connectivity index is 0.000000604. The number of nitrogens with two attached hydrogens (primary N) is 1. The average Bonchev–Trinajstić information content (AvgIpc) is 2.95. The fourth-order valence-electron chi connectivity index (χ4n) is 3.82. The Morgan fingerprint density at radius 1 is 1.18 bits per heavy atom. The molecule has 3 heterocycles. The minimum atomic E-state index is -2.86. The van der Waals surface area contributed by atoms with Gasteiger partial charge in [0.1, 0.15) is 5.69 Å². The summed E-state index contributed by atoms with van der Waals surface area (Å²) in [5.41, 5.74) is 4.49. The van der Waals surface area contributed by atoms with Gasteiger partial charge in [-0.3, -0.25) is 5.14 Å². The summed E-state index contributed by atoms with van der Waals surface area (Å²) in [7, 11) is 0. The molecule has 0 unspecified atom stereocenters. The number of halogens is 2. The van der Waals surface area contributed by atoms with Gasteiger partial charge >= 0.3 is 0 Å². The lowest BCUT2D eigenvalue weighted by atomic mass is 9.97.